The molecule has 1 atom stereocenters. The molecule has 0 bridgehead atoms. The number of rotatable bonds is 5. The van der Waals surface area contributed by atoms with Gasteiger partial charge in [-0.15, -0.1) is 0 Å². The minimum Gasteiger partial charge on any atom is -0.326 e. The Bertz CT molecular complexity index is 1120. The van der Waals surface area contributed by atoms with E-state index in [1.807, 2.05) is 63.2 Å². The first-order valence-electron chi connectivity index (χ1n) is 9.74. The van der Waals surface area contributed by atoms with Gasteiger partial charge >= 0.3 is 0 Å². The largest absolute Gasteiger partial charge is 0.326 e. The average Bonchev–Trinajstić information content (AvgIpc) is 3.25. The van der Waals surface area contributed by atoms with Crippen molar-refractivity contribution in [3.63, 3.8) is 0 Å². The summed E-state index contributed by atoms with van der Waals surface area (Å²) in [6, 6.07) is 13.6. The van der Waals surface area contributed by atoms with E-state index in [4.69, 9.17) is 0 Å². The molecule has 1 aliphatic rings. The Kier molecular flexibility index (Phi) is 5.87. The molecule has 30 heavy (non-hydrogen) atoms. The highest BCUT2D eigenvalue weighted by molar-refractivity contribution is 8.15. The zero-order valence-electron chi connectivity index (χ0n) is 17.0. The third kappa shape index (κ3) is 4.24. The monoisotopic (exact) mass is 438 g/mol. The summed E-state index contributed by atoms with van der Waals surface area (Å²) in [6.45, 7) is 6.44. The van der Waals surface area contributed by atoms with Gasteiger partial charge in [0.2, 0.25) is 16.9 Å². The number of benzene rings is 2. The number of aromatic nitrogens is 1. The van der Waals surface area contributed by atoms with Gasteiger partial charge in [-0.2, -0.15) is 4.99 Å². The molecule has 3 aromatic rings. The number of aryl methyl sites for hydroxylation is 2. The second kappa shape index (κ2) is 8.57. The van der Waals surface area contributed by atoms with E-state index in [2.05, 4.69) is 15.3 Å². The number of amides is 2. The molecule has 1 aliphatic heterocycles. The van der Waals surface area contributed by atoms with Crippen molar-refractivity contribution in [2.24, 2.45) is 4.99 Å². The molecule has 8 heteroatoms. The van der Waals surface area contributed by atoms with E-state index in [1.54, 1.807) is 4.90 Å². The Hall–Kier alpha value is -2.71. The zero-order chi connectivity index (χ0) is 21.3. The van der Waals surface area contributed by atoms with Gasteiger partial charge in [-0.1, -0.05) is 41.3 Å². The van der Waals surface area contributed by atoms with Crippen molar-refractivity contribution < 1.29 is 9.59 Å². The van der Waals surface area contributed by atoms with E-state index in [0.717, 1.165) is 21.5 Å². The molecule has 0 aliphatic carbocycles. The van der Waals surface area contributed by atoms with Gasteiger partial charge in [0.05, 0.1) is 10.2 Å². The number of para-hydroxylation sites is 1. The maximum atomic E-state index is 12.8. The number of thioether (sulfide) groups is 1. The second-order valence-corrected chi connectivity index (χ2v) is 9.28. The Balaban J connectivity index is 1.48. The quantitative estimate of drug-likeness (QED) is 0.615. The van der Waals surface area contributed by atoms with Crippen LogP contribution in [0.1, 0.15) is 24.5 Å². The van der Waals surface area contributed by atoms with Crippen LogP contribution in [0.25, 0.3) is 10.2 Å². The Morgan fingerprint density at radius 3 is 2.73 bits per heavy atom. The first-order valence-corrected chi connectivity index (χ1v) is 11.4. The summed E-state index contributed by atoms with van der Waals surface area (Å²) >= 11 is 2.82. The lowest BCUT2D eigenvalue weighted by molar-refractivity contribution is -0.128. The number of nitrogens with zero attached hydrogens (tertiary/aromatic N) is 3. The predicted octanol–water partition coefficient (Wildman–Crippen LogP) is 4.89. The number of carbonyl (C=O) groups is 2. The van der Waals surface area contributed by atoms with Gasteiger partial charge in [0.1, 0.15) is 5.25 Å². The molecule has 0 saturated carbocycles. The number of carbonyl (C=O) groups excluding carboxylic acids is 2. The standard InChI is InChI=1S/C22H22N4O2S2/c1-4-26-20(28)18(12-19(27)23-15-10-9-13(2)14(3)11-15)30-22(26)25-21-24-16-7-5-6-8-17(16)29-21/h5-11,18H,4,12H2,1-3H3,(H,23,27)/t18-/m0/s1. The van der Waals surface area contributed by atoms with E-state index in [9.17, 15) is 9.59 Å². The summed E-state index contributed by atoms with van der Waals surface area (Å²) in [5.74, 6) is -0.265. The number of hydrogen-bond acceptors (Lipinski definition) is 6. The molecular weight excluding hydrogens is 416 g/mol. The number of nitrogens with one attached hydrogen (secondary N) is 1. The van der Waals surface area contributed by atoms with Crippen LogP contribution in [-0.2, 0) is 9.59 Å². The number of hydrogen-bond donors (Lipinski definition) is 1. The van der Waals surface area contributed by atoms with Crippen molar-refractivity contribution in [1.29, 1.82) is 0 Å². The van der Waals surface area contributed by atoms with E-state index in [1.165, 1.54) is 28.7 Å². The Morgan fingerprint density at radius 2 is 2.00 bits per heavy atom. The van der Waals surface area contributed by atoms with Crippen LogP contribution in [-0.4, -0.2) is 38.7 Å². The van der Waals surface area contributed by atoms with Crippen LogP contribution in [0.3, 0.4) is 0 Å². The fourth-order valence-corrected chi connectivity index (χ4v) is 5.30. The summed E-state index contributed by atoms with van der Waals surface area (Å²) in [4.78, 5) is 36.1. The molecule has 2 heterocycles. The Morgan fingerprint density at radius 1 is 1.20 bits per heavy atom. The van der Waals surface area contributed by atoms with Crippen molar-refractivity contribution in [3.8, 4) is 0 Å². The summed E-state index contributed by atoms with van der Waals surface area (Å²) < 4.78 is 1.05. The Labute approximate surface area is 183 Å². The molecule has 1 saturated heterocycles. The number of aliphatic imine (C=N–C) groups is 1. The normalized spacial score (nSPS) is 17.8. The zero-order valence-corrected chi connectivity index (χ0v) is 18.6. The van der Waals surface area contributed by atoms with Gasteiger partial charge in [-0.25, -0.2) is 4.98 Å². The van der Waals surface area contributed by atoms with Crippen molar-refractivity contribution in [2.75, 3.05) is 11.9 Å². The van der Waals surface area contributed by atoms with Crippen molar-refractivity contribution in [1.82, 2.24) is 9.88 Å². The topological polar surface area (TPSA) is 74.7 Å². The molecule has 1 aromatic heterocycles. The number of fused-ring (bicyclic) bond motifs is 1. The lowest BCUT2D eigenvalue weighted by atomic mass is 10.1. The second-order valence-electron chi connectivity index (χ2n) is 7.10. The fourth-order valence-electron chi connectivity index (χ4n) is 3.21. The molecule has 0 spiro atoms. The molecule has 4 rings (SSSR count). The first kappa shape index (κ1) is 20.6. The van der Waals surface area contributed by atoms with Crippen LogP contribution in [0.2, 0.25) is 0 Å². The van der Waals surface area contributed by atoms with Crippen LogP contribution in [0, 0.1) is 13.8 Å². The van der Waals surface area contributed by atoms with Gasteiger partial charge in [-0.3, -0.25) is 14.5 Å². The van der Waals surface area contributed by atoms with E-state index < -0.39 is 5.25 Å². The molecule has 1 N–H and O–H groups in total. The van der Waals surface area contributed by atoms with Crippen LogP contribution in [0.5, 0.6) is 0 Å². The number of thiazole rings is 1. The lowest BCUT2D eigenvalue weighted by Gasteiger charge is -2.13. The molecule has 6 nitrogen and oxygen atoms in total. The summed E-state index contributed by atoms with van der Waals surface area (Å²) in [5.41, 5.74) is 3.92. The lowest BCUT2D eigenvalue weighted by Crippen LogP contribution is -2.33. The third-order valence-corrected chi connectivity index (χ3v) is 7.08. The molecule has 154 valence electrons. The summed E-state index contributed by atoms with van der Waals surface area (Å²) in [6.07, 6.45) is 0.103. The van der Waals surface area contributed by atoms with Gasteiger partial charge in [0, 0.05) is 18.7 Å². The van der Waals surface area contributed by atoms with Crippen molar-refractivity contribution in [3.05, 3.63) is 53.6 Å². The first-order chi connectivity index (χ1) is 14.4. The highest BCUT2D eigenvalue weighted by Gasteiger charge is 2.38. The highest BCUT2D eigenvalue weighted by atomic mass is 32.2. The minimum absolute atomic E-state index is 0.0856. The van der Waals surface area contributed by atoms with E-state index in [-0.39, 0.29) is 18.2 Å². The number of amidine groups is 1. The van der Waals surface area contributed by atoms with Crippen molar-refractivity contribution in [2.45, 2.75) is 32.4 Å². The van der Waals surface area contributed by atoms with E-state index in [0.29, 0.717) is 16.8 Å². The third-order valence-electron chi connectivity index (χ3n) is 4.97. The summed E-state index contributed by atoms with van der Waals surface area (Å²) in [5, 5.41) is 3.64. The van der Waals surface area contributed by atoms with Crippen LogP contribution < -0.4 is 5.32 Å². The number of anilines is 1. The summed E-state index contributed by atoms with van der Waals surface area (Å²) in [7, 11) is 0. The van der Waals surface area contributed by atoms with Gasteiger partial charge in [-0.05, 0) is 56.2 Å². The SMILES string of the molecule is CCN1C(=O)[C@H](CC(=O)Nc2ccc(C)c(C)c2)SC1=Nc1nc2ccccc2s1. The molecule has 2 amide bonds. The fraction of sp³-hybridized carbons (Fsp3) is 0.273. The van der Waals surface area contributed by atoms with Crippen molar-refractivity contribution >= 4 is 61.1 Å². The van der Waals surface area contributed by atoms with Gasteiger partial charge in [0.25, 0.3) is 0 Å². The molecule has 0 unspecified atom stereocenters. The van der Waals surface area contributed by atoms with E-state index >= 15 is 0 Å². The smallest absolute Gasteiger partial charge is 0.242 e. The molecular formula is C22H22N4O2S2. The molecule has 1 fully saturated rings. The van der Waals surface area contributed by atoms with Crippen LogP contribution in [0.15, 0.2) is 47.5 Å². The van der Waals surface area contributed by atoms with Crippen LogP contribution in [0.4, 0.5) is 10.8 Å². The molecule has 2 aromatic carbocycles. The minimum atomic E-state index is -0.482. The van der Waals surface area contributed by atoms with Gasteiger partial charge in [0.15, 0.2) is 5.17 Å². The highest BCUT2D eigenvalue weighted by Crippen LogP contribution is 2.34. The molecule has 0 radical (unpaired) electrons. The van der Waals surface area contributed by atoms with Crippen LogP contribution >= 0.6 is 23.1 Å². The predicted molar refractivity (Wildman–Crippen MR) is 125 cm³/mol. The maximum Gasteiger partial charge on any atom is 0.242 e. The van der Waals surface area contributed by atoms with Gasteiger partial charge < -0.3 is 5.32 Å². The maximum absolute atomic E-state index is 12.8. The average molecular weight is 439 g/mol.